The first-order chi connectivity index (χ1) is 14.3. The van der Waals surface area contributed by atoms with E-state index < -0.39 is 16.1 Å². The summed E-state index contributed by atoms with van der Waals surface area (Å²) in [6.45, 7) is 8.57. The lowest BCUT2D eigenvalue weighted by Gasteiger charge is -2.31. The van der Waals surface area contributed by atoms with Crippen molar-refractivity contribution in [3.63, 3.8) is 0 Å². The summed E-state index contributed by atoms with van der Waals surface area (Å²) in [5, 5.41) is 4.07. The second kappa shape index (κ2) is 9.63. The van der Waals surface area contributed by atoms with Crippen molar-refractivity contribution in [3.05, 3.63) is 39.8 Å². The van der Waals surface area contributed by atoms with Crippen molar-refractivity contribution in [1.29, 1.82) is 0 Å². The SMILES string of the molecule is CC[N+]1(CC)CC[C@H](/C=C/S(=O)(=O)NC(=O)Nc2c3c(cc4c2CCC4)CCC3)C1.[Br-]. The van der Waals surface area contributed by atoms with E-state index in [1.165, 1.54) is 27.7 Å². The van der Waals surface area contributed by atoms with Crippen LogP contribution in [-0.2, 0) is 35.7 Å². The van der Waals surface area contributed by atoms with E-state index in [-0.39, 0.29) is 22.9 Å². The normalized spacial score (nSPS) is 21.5. The molecule has 1 aromatic carbocycles. The number of hydrogen-bond donors (Lipinski definition) is 2. The third kappa shape index (κ3) is 5.17. The molecule has 1 heterocycles. The molecule has 0 bridgehead atoms. The van der Waals surface area contributed by atoms with Crippen LogP contribution < -0.4 is 27.0 Å². The molecule has 0 unspecified atom stereocenters. The molecule has 4 rings (SSSR count). The highest BCUT2D eigenvalue weighted by molar-refractivity contribution is 7.92. The monoisotopic (exact) mass is 511 g/mol. The van der Waals surface area contributed by atoms with Gasteiger partial charge in [-0.05, 0) is 74.6 Å². The fourth-order valence-electron chi connectivity index (χ4n) is 5.56. The Bertz CT molecular complexity index is 939. The molecule has 0 saturated carbocycles. The van der Waals surface area contributed by atoms with Gasteiger partial charge in [-0.3, -0.25) is 0 Å². The molecule has 2 N–H and O–H groups in total. The van der Waals surface area contributed by atoms with Crippen molar-refractivity contribution in [3.8, 4) is 0 Å². The predicted molar refractivity (Wildman–Crippen MR) is 120 cm³/mol. The van der Waals surface area contributed by atoms with Crippen LogP contribution in [0.1, 0.15) is 55.4 Å². The van der Waals surface area contributed by atoms with Crippen LogP contribution in [0.2, 0.25) is 0 Å². The van der Waals surface area contributed by atoms with Gasteiger partial charge < -0.3 is 26.8 Å². The maximum Gasteiger partial charge on any atom is 0.333 e. The molecule has 1 aromatic rings. The minimum absolute atomic E-state index is 0. The number of aryl methyl sites for hydroxylation is 2. The predicted octanol–water partition coefficient (Wildman–Crippen LogP) is 0.510. The summed E-state index contributed by atoms with van der Waals surface area (Å²) in [4.78, 5) is 12.6. The minimum atomic E-state index is -3.82. The fraction of sp³-hybridized carbons (Fsp3) is 0.609. The second-order valence-corrected chi connectivity index (χ2v) is 10.7. The van der Waals surface area contributed by atoms with Crippen LogP contribution in [0.5, 0.6) is 0 Å². The molecule has 1 saturated heterocycles. The lowest BCUT2D eigenvalue weighted by atomic mass is 9.99. The summed E-state index contributed by atoms with van der Waals surface area (Å²) in [5.41, 5.74) is 5.86. The number of quaternary nitrogens is 1. The number of rotatable bonds is 6. The van der Waals surface area contributed by atoms with Crippen molar-refractivity contribution in [2.75, 3.05) is 31.5 Å². The molecule has 0 spiro atoms. The minimum Gasteiger partial charge on any atom is -1.00 e. The van der Waals surface area contributed by atoms with E-state index in [1.807, 2.05) is 0 Å². The van der Waals surface area contributed by atoms with Gasteiger partial charge in [-0.25, -0.2) is 17.9 Å². The van der Waals surface area contributed by atoms with Gasteiger partial charge in [0.05, 0.1) is 26.2 Å². The van der Waals surface area contributed by atoms with Crippen LogP contribution in [0.3, 0.4) is 0 Å². The molecule has 2 amide bonds. The Morgan fingerprint density at radius 3 is 2.26 bits per heavy atom. The standard InChI is InChI=1S/C23H33N3O3S.BrH/c1-3-26(4-2)13-11-17(16-26)12-14-30(28,29)25-23(27)24-22-20-9-5-7-18(20)15-19-8-6-10-21(19)22;/h12,14-15,17H,3-11,13,16H2,1-2H3,(H-,24,25,27);1H/b14-12+;/t17-;/m1./s1. The Balaban J connectivity index is 0.00000272. The van der Waals surface area contributed by atoms with Crippen molar-refractivity contribution in [1.82, 2.24) is 4.72 Å². The Morgan fingerprint density at radius 1 is 1.10 bits per heavy atom. The summed E-state index contributed by atoms with van der Waals surface area (Å²) in [7, 11) is -3.82. The van der Waals surface area contributed by atoms with Crippen LogP contribution >= 0.6 is 0 Å². The maximum absolute atomic E-state index is 12.6. The van der Waals surface area contributed by atoms with E-state index in [0.717, 1.165) is 81.3 Å². The Hall–Kier alpha value is -1.38. The average Bonchev–Trinajstić information content (AvgIpc) is 3.45. The van der Waals surface area contributed by atoms with Gasteiger partial charge in [0.25, 0.3) is 10.0 Å². The van der Waals surface area contributed by atoms with Gasteiger partial charge in [-0.2, -0.15) is 0 Å². The largest absolute Gasteiger partial charge is 1.00 e. The van der Waals surface area contributed by atoms with Crippen LogP contribution in [0.25, 0.3) is 0 Å². The molecule has 1 aliphatic heterocycles. The summed E-state index contributed by atoms with van der Waals surface area (Å²) in [6, 6.07) is 1.63. The molecule has 6 nitrogen and oxygen atoms in total. The van der Waals surface area contributed by atoms with Gasteiger partial charge in [0.15, 0.2) is 0 Å². The van der Waals surface area contributed by atoms with Crippen molar-refractivity contribution >= 4 is 21.7 Å². The summed E-state index contributed by atoms with van der Waals surface area (Å²) in [5.74, 6) is 0.241. The van der Waals surface area contributed by atoms with Crippen molar-refractivity contribution in [2.45, 2.75) is 58.8 Å². The number of fused-ring (bicyclic) bond motifs is 2. The van der Waals surface area contributed by atoms with Gasteiger partial charge in [0, 0.05) is 23.4 Å². The molecule has 0 radical (unpaired) electrons. The van der Waals surface area contributed by atoms with Gasteiger partial charge in [0.2, 0.25) is 0 Å². The molecule has 8 heteroatoms. The van der Waals surface area contributed by atoms with Gasteiger partial charge in [-0.15, -0.1) is 0 Å². The van der Waals surface area contributed by atoms with Crippen LogP contribution in [0.15, 0.2) is 17.6 Å². The van der Waals surface area contributed by atoms with Gasteiger partial charge in [0.1, 0.15) is 0 Å². The first-order valence-corrected chi connectivity index (χ1v) is 12.9. The Kier molecular flexibility index (Phi) is 7.54. The van der Waals surface area contributed by atoms with E-state index in [0.29, 0.717) is 0 Å². The zero-order chi connectivity index (χ0) is 21.4. The van der Waals surface area contributed by atoms with E-state index in [9.17, 15) is 13.2 Å². The molecule has 1 atom stereocenters. The molecular formula is C23H34BrN3O3S. The number of hydrogen-bond acceptors (Lipinski definition) is 3. The first kappa shape index (κ1) is 24.3. The highest BCUT2D eigenvalue weighted by Gasteiger charge is 2.34. The number of amides is 2. The average molecular weight is 513 g/mol. The number of likely N-dealkylation sites (tertiary alicyclic amines) is 1. The van der Waals surface area contributed by atoms with Crippen LogP contribution in [0.4, 0.5) is 10.5 Å². The van der Waals surface area contributed by atoms with Gasteiger partial charge >= 0.3 is 6.03 Å². The third-order valence-corrected chi connectivity index (χ3v) is 8.40. The molecule has 2 aliphatic carbocycles. The summed E-state index contributed by atoms with van der Waals surface area (Å²) in [6.07, 6.45) is 8.90. The lowest BCUT2D eigenvalue weighted by Crippen LogP contribution is -3.00. The van der Waals surface area contributed by atoms with Crippen LogP contribution in [-0.4, -0.2) is 45.1 Å². The van der Waals surface area contributed by atoms with Crippen LogP contribution in [0, 0.1) is 5.92 Å². The molecule has 31 heavy (non-hydrogen) atoms. The first-order valence-electron chi connectivity index (χ1n) is 11.4. The Labute approximate surface area is 196 Å². The number of carbonyl (C=O) groups is 1. The highest BCUT2D eigenvalue weighted by Crippen LogP contribution is 2.38. The van der Waals surface area contributed by atoms with E-state index in [1.54, 1.807) is 6.08 Å². The number of anilines is 1. The molecule has 172 valence electrons. The van der Waals surface area contributed by atoms with E-state index in [2.05, 4.69) is 30.0 Å². The molecule has 0 aromatic heterocycles. The number of sulfonamides is 1. The fourth-order valence-corrected chi connectivity index (χ4v) is 6.37. The topological polar surface area (TPSA) is 75.3 Å². The zero-order valence-corrected chi connectivity index (χ0v) is 20.9. The number of nitrogens with one attached hydrogen (secondary N) is 2. The number of benzene rings is 1. The van der Waals surface area contributed by atoms with E-state index in [4.69, 9.17) is 0 Å². The summed E-state index contributed by atoms with van der Waals surface area (Å²) >= 11 is 0. The van der Waals surface area contributed by atoms with Crippen molar-refractivity contribution < 1.29 is 34.7 Å². The maximum atomic E-state index is 12.6. The third-order valence-electron chi connectivity index (χ3n) is 7.41. The molecular weight excluding hydrogens is 478 g/mol. The lowest BCUT2D eigenvalue weighted by molar-refractivity contribution is -0.914. The number of urea groups is 1. The van der Waals surface area contributed by atoms with Crippen molar-refractivity contribution in [2.24, 2.45) is 5.92 Å². The highest BCUT2D eigenvalue weighted by atomic mass is 79.9. The number of carbonyl (C=O) groups excluding carboxylic acids is 1. The number of halogens is 1. The molecule has 3 aliphatic rings. The number of nitrogens with zero attached hydrogens (tertiary/aromatic N) is 1. The Morgan fingerprint density at radius 2 is 1.71 bits per heavy atom. The molecule has 1 fully saturated rings. The zero-order valence-electron chi connectivity index (χ0n) is 18.5. The quantitative estimate of drug-likeness (QED) is 0.546. The van der Waals surface area contributed by atoms with E-state index >= 15 is 0 Å². The smallest absolute Gasteiger partial charge is 0.333 e. The summed E-state index contributed by atoms with van der Waals surface area (Å²) < 4.78 is 28.2. The van der Waals surface area contributed by atoms with Gasteiger partial charge in [-0.1, -0.05) is 12.1 Å². The second-order valence-electron chi connectivity index (χ2n) is 9.09.